The Kier molecular flexibility index (Phi) is 11.7. The molecule has 13 heteroatoms. The van der Waals surface area contributed by atoms with Crippen LogP contribution in [0.4, 0.5) is 0 Å². The van der Waals surface area contributed by atoms with Crippen LogP contribution in [0.5, 0.6) is 5.75 Å². The molecule has 1 amide bonds. The van der Waals surface area contributed by atoms with Crippen LogP contribution in [0.1, 0.15) is 106 Å². The number of hydrogen-bond acceptors (Lipinski definition) is 11. The summed E-state index contributed by atoms with van der Waals surface area (Å²) in [6, 6.07) is 3.77. The number of carbonyl (C=O) groups is 7. The fraction of sp³-hybridized carbons (Fsp3) is 0.649. The Morgan fingerprint density at radius 2 is 1.76 bits per heavy atom. The van der Waals surface area contributed by atoms with Crippen LogP contribution >= 0.6 is 0 Å². The van der Waals surface area contributed by atoms with Gasteiger partial charge in [0.25, 0.3) is 0 Å². The SMILES string of the molecule is CCC(=O)C[C@H]1[C@H]2C(C(=O)c3c(O)cccc3[C@@H]2CCC2CCCC2)C(=O)[C@]2(O)C(=O)C(C(=O)NCNCCCCC(N)C(=O)O)C(=O)C[C@H]12. The Balaban J connectivity index is 1.42. The van der Waals surface area contributed by atoms with Crippen LogP contribution < -0.4 is 16.4 Å². The van der Waals surface area contributed by atoms with Crippen molar-refractivity contribution in [1.82, 2.24) is 10.6 Å². The molecular weight excluding hydrogens is 646 g/mol. The number of benzene rings is 1. The second kappa shape index (κ2) is 15.6. The Morgan fingerprint density at radius 3 is 2.44 bits per heavy atom. The molecule has 3 fully saturated rings. The minimum absolute atomic E-state index is 0.0224. The third-order valence-electron chi connectivity index (χ3n) is 11.7. The van der Waals surface area contributed by atoms with Crippen molar-refractivity contribution in [3.05, 3.63) is 29.3 Å². The highest BCUT2D eigenvalue weighted by Gasteiger charge is 2.70. The molecule has 8 atom stereocenters. The predicted octanol–water partition coefficient (Wildman–Crippen LogP) is 2.19. The van der Waals surface area contributed by atoms with E-state index in [2.05, 4.69) is 10.6 Å². The van der Waals surface area contributed by atoms with E-state index in [1.165, 1.54) is 6.07 Å². The largest absolute Gasteiger partial charge is 0.507 e. The molecule has 4 aliphatic carbocycles. The van der Waals surface area contributed by atoms with E-state index in [0.29, 0.717) is 37.3 Å². The molecule has 0 aromatic heterocycles. The zero-order valence-electron chi connectivity index (χ0n) is 28.5. The number of nitrogens with two attached hydrogens (primary N) is 1. The number of ketones is 5. The van der Waals surface area contributed by atoms with Crippen molar-refractivity contribution in [2.24, 2.45) is 41.2 Å². The Bertz CT molecular complexity index is 1540. The van der Waals surface area contributed by atoms with Crippen LogP contribution in [0.2, 0.25) is 0 Å². The maximum Gasteiger partial charge on any atom is 0.320 e. The summed E-state index contributed by atoms with van der Waals surface area (Å²) >= 11 is 0. The van der Waals surface area contributed by atoms with E-state index in [9.17, 15) is 43.8 Å². The Morgan fingerprint density at radius 1 is 1.04 bits per heavy atom. The summed E-state index contributed by atoms with van der Waals surface area (Å²) in [7, 11) is 0. The number of phenolic OH excluding ortho intramolecular Hbond substituents is 1. The molecule has 0 spiro atoms. The smallest absolute Gasteiger partial charge is 0.320 e. The number of phenols is 1. The minimum Gasteiger partial charge on any atom is -0.507 e. The van der Waals surface area contributed by atoms with E-state index < -0.39 is 88.6 Å². The Hall–Kier alpha value is -3.81. The summed E-state index contributed by atoms with van der Waals surface area (Å²) in [6.07, 6.45) is 6.55. The van der Waals surface area contributed by atoms with Crippen molar-refractivity contribution in [3.8, 4) is 5.75 Å². The summed E-state index contributed by atoms with van der Waals surface area (Å²) in [6.45, 7) is 1.90. The normalized spacial score (nSPS) is 30.0. The maximum absolute atomic E-state index is 14.5. The molecule has 3 unspecified atom stereocenters. The molecule has 5 rings (SSSR count). The number of carbonyl (C=O) groups excluding carboxylic acids is 6. The lowest BCUT2D eigenvalue weighted by atomic mass is 9.46. The maximum atomic E-state index is 14.5. The molecule has 1 aromatic rings. The number of aromatic hydroxyl groups is 1. The molecule has 0 heterocycles. The van der Waals surface area contributed by atoms with Gasteiger partial charge in [-0.1, -0.05) is 51.2 Å². The van der Waals surface area contributed by atoms with Crippen LogP contribution in [-0.2, 0) is 28.8 Å². The van der Waals surface area contributed by atoms with Crippen molar-refractivity contribution in [3.63, 3.8) is 0 Å². The number of hydrogen-bond donors (Lipinski definition) is 6. The highest BCUT2D eigenvalue weighted by molar-refractivity contribution is 6.31. The average Bonchev–Trinajstić information content (AvgIpc) is 3.60. The van der Waals surface area contributed by atoms with Crippen LogP contribution in [0, 0.1) is 35.5 Å². The molecular formula is C37H49N3O10. The molecule has 0 aliphatic heterocycles. The molecule has 4 aliphatic rings. The van der Waals surface area contributed by atoms with Crippen LogP contribution in [0.15, 0.2) is 18.2 Å². The van der Waals surface area contributed by atoms with Gasteiger partial charge in [0, 0.05) is 25.2 Å². The first kappa shape index (κ1) is 37.4. The number of aliphatic hydroxyl groups is 1. The summed E-state index contributed by atoms with van der Waals surface area (Å²) in [5, 5.41) is 37.4. The molecule has 1 aromatic carbocycles. The van der Waals surface area contributed by atoms with Gasteiger partial charge in [-0.05, 0) is 67.5 Å². The zero-order chi connectivity index (χ0) is 36.3. The van der Waals surface area contributed by atoms with Crippen molar-refractivity contribution in [2.45, 2.75) is 102 Å². The lowest BCUT2D eigenvalue weighted by Gasteiger charge is -2.55. The third kappa shape index (κ3) is 7.04. The first-order valence-corrected chi connectivity index (χ1v) is 18.0. The standard InChI is InChI=1S/C37H49N3O10/c1-2-20(41)16-23-24-17-27(43)30(35(47)40-18-39-15-6-5-11-25(38)36(48)49)33(45)37(24,50)34(46)31-28(23)22(14-13-19-8-3-4-9-19)21-10-7-12-26(42)29(21)32(31)44/h7,10,12,19,22-25,28,30-31,39,42,50H,2-6,8-9,11,13-18,38H2,1H3,(H,40,47)(H,48,49)/t22-,23+,24+,25?,28-,30?,31?,37+/m0/s1. The summed E-state index contributed by atoms with van der Waals surface area (Å²) in [5.41, 5.74) is 3.19. The molecule has 0 radical (unpaired) electrons. The molecule has 0 bridgehead atoms. The minimum atomic E-state index is -2.86. The van der Waals surface area contributed by atoms with E-state index in [-0.39, 0.29) is 43.0 Å². The van der Waals surface area contributed by atoms with E-state index in [4.69, 9.17) is 10.8 Å². The number of amides is 1. The summed E-state index contributed by atoms with van der Waals surface area (Å²) in [4.78, 5) is 93.8. The molecule has 272 valence electrons. The molecule has 3 saturated carbocycles. The molecule has 13 nitrogen and oxygen atoms in total. The zero-order valence-corrected chi connectivity index (χ0v) is 28.5. The summed E-state index contributed by atoms with van der Waals surface area (Å²) < 4.78 is 0. The predicted molar refractivity (Wildman–Crippen MR) is 179 cm³/mol. The van der Waals surface area contributed by atoms with E-state index in [1.807, 2.05) is 0 Å². The van der Waals surface area contributed by atoms with E-state index in [1.54, 1.807) is 19.1 Å². The average molecular weight is 696 g/mol. The fourth-order valence-electron chi connectivity index (χ4n) is 9.14. The van der Waals surface area contributed by atoms with Crippen molar-refractivity contribution in [2.75, 3.05) is 13.2 Å². The number of rotatable bonds is 15. The van der Waals surface area contributed by atoms with Gasteiger partial charge < -0.3 is 26.4 Å². The van der Waals surface area contributed by atoms with Crippen LogP contribution in [0.3, 0.4) is 0 Å². The van der Waals surface area contributed by atoms with Crippen LogP contribution in [0.25, 0.3) is 0 Å². The van der Waals surface area contributed by atoms with Gasteiger partial charge in [0.1, 0.15) is 17.6 Å². The lowest BCUT2D eigenvalue weighted by molar-refractivity contribution is -0.183. The molecule has 0 saturated heterocycles. The number of aliphatic carboxylic acids is 1. The van der Waals surface area contributed by atoms with E-state index in [0.717, 1.165) is 32.1 Å². The summed E-state index contributed by atoms with van der Waals surface area (Å²) in [5.74, 6) is -13.0. The first-order chi connectivity index (χ1) is 23.8. The monoisotopic (exact) mass is 695 g/mol. The number of carboxylic acid groups (broad SMARTS) is 1. The molecule has 50 heavy (non-hydrogen) atoms. The van der Waals surface area contributed by atoms with E-state index >= 15 is 0 Å². The second-order valence-electron chi connectivity index (χ2n) is 14.6. The number of unbranched alkanes of at least 4 members (excludes halogenated alkanes) is 1. The van der Waals surface area contributed by atoms with Crippen molar-refractivity contribution >= 4 is 40.8 Å². The number of fused-ring (bicyclic) bond motifs is 3. The van der Waals surface area contributed by atoms with Crippen LogP contribution in [-0.4, -0.2) is 81.0 Å². The van der Waals surface area contributed by atoms with Gasteiger partial charge in [-0.15, -0.1) is 0 Å². The van der Waals surface area contributed by atoms with Crippen molar-refractivity contribution < 1.29 is 48.9 Å². The van der Waals surface area contributed by atoms with Gasteiger partial charge >= 0.3 is 5.97 Å². The highest BCUT2D eigenvalue weighted by Crippen LogP contribution is 2.58. The van der Waals surface area contributed by atoms with Gasteiger partial charge in [-0.2, -0.15) is 0 Å². The number of Topliss-reactive ketones (excluding diaryl/α,β-unsaturated/α-hetero) is 5. The topological polar surface area (TPSA) is 230 Å². The quantitative estimate of drug-likeness (QED) is 0.0881. The van der Waals surface area contributed by atoms with Gasteiger partial charge in [0.05, 0.1) is 18.2 Å². The van der Waals surface area contributed by atoms with Gasteiger partial charge in [-0.3, -0.25) is 38.9 Å². The highest BCUT2D eigenvalue weighted by atomic mass is 16.4. The van der Waals surface area contributed by atoms with Gasteiger partial charge in [0.15, 0.2) is 34.7 Å². The number of nitrogens with one attached hydrogen (secondary N) is 2. The van der Waals surface area contributed by atoms with Gasteiger partial charge in [0.2, 0.25) is 5.91 Å². The lowest BCUT2D eigenvalue weighted by Crippen LogP contribution is -2.71. The Labute approximate surface area is 291 Å². The molecule has 7 N–H and O–H groups in total. The fourth-order valence-corrected chi connectivity index (χ4v) is 9.14. The first-order valence-electron chi connectivity index (χ1n) is 18.0. The van der Waals surface area contributed by atoms with Crippen molar-refractivity contribution in [1.29, 1.82) is 0 Å². The third-order valence-corrected chi connectivity index (χ3v) is 11.7. The second-order valence-corrected chi connectivity index (χ2v) is 14.6. The van der Waals surface area contributed by atoms with Gasteiger partial charge in [-0.25, -0.2) is 0 Å². The number of carboxylic acids is 1.